The van der Waals surface area contributed by atoms with Gasteiger partial charge in [0.25, 0.3) is 0 Å². The van der Waals surface area contributed by atoms with Crippen molar-refractivity contribution in [3.05, 3.63) is 63.6 Å². The summed E-state index contributed by atoms with van der Waals surface area (Å²) in [6.45, 7) is 1.69. The lowest BCUT2D eigenvalue weighted by molar-refractivity contribution is 0.0980. The van der Waals surface area contributed by atoms with Crippen molar-refractivity contribution in [2.75, 3.05) is 0 Å². The molecule has 2 aromatic carbocycles. The van der Waals surface area contributed by atoms with Gasteiger partial charge in [-0.05, 0) is 48.5 Å². The van der Waals surface area contributed by atoms with Crippen LogP contribution in [0.3, 0.4) is 0 Å². The van der Waals surface area contributed by atoms with Crippen molar-refractivity contribution >= 4 is 38.8 Å². The summed E-state index contributed by atoms with van der Waals surface area (Å²) in [6.07, 6.45) is 0.805. The van der Waals surface area contributed by atoms with E-state index >= 15 is 0 Å². The van der Waals surface area contributed by atoms with Crippen LogP contribution in [-0.2, 0) is 6.61 Å². The number of benzene rings is 2. The van der Waals surface area contributed by atoms with E-state index in [0.29, 0.717) is 17.7 Å². The third-order valence-electron chi connectivity index (χ3n) is 3.34. The smallest absolute Gasteiger partial charge is 0.166 e. The van der Waals surface area contributed by atoms with E-state index in [1.807, 2.05) is 0 Å². The van der Waals surface area contributed by atoms with E-state index in [4.69, 9.17) is 17.0 Å². The molecule has 0 heterocycles. The molecule has 0 fully saturated rings. The zero-order chi connectivity index (χ0) is 17.7. The zero-order valence-electron chi connectivity index (χ0n) is 12.9. The number of carbonyl (C=O) groups excluding carboxylic acids is 1. The van der Waals surface area contributed by atoms with Gasteiger partial charge in [-0.25, -0.2) is 8.78 Å². The summed E-state index contributed by atoms with van der Waals surface area (Å²) in [4.78, 5) is 13.1. The van der Waals surface area contributed by atoms with Crippen molar-refractivity contribution < 1.29 is 18.3 Å². The summed E-state index contributed by atoms with van der Waals surface area (Å²) >= 11 is 8.32. The first-order chi connectivity index (χ1) is 11.4. The maximum absolute atomic E-state index is 13.7. The highest BCUT2D eigenvalue weighted by Gasteiger charge is 2.14. The maximum atomic E-state index is 13.7. The largest absolute Gasteiger partial charge is 0.488 e. The highest BCUT2D eigenvalue weighted by atomic mass is 79.9. The predicted molar refractivity (Wildman–Crippen MR) is 96.7 cm³/mol. The van der Waals surface area contributed by atoms with E-state index < -0.39 is 11.6 Å². The fraction of sp³-hybridized carbons (Fsp3) is 0.222. The molecule has 0 N–H and O–H groups in total. The molecule has 0 amide bonds. The Morgan fingerprint density at radius 2 is 1.92 bits per heavy atom. The van der Waals surface area contributed by atoms with Gasteiger partial charge in [0, 0.05) is 22.5 Å². The van der Waals surface area contributed by atoms with Crippen molar-refractivity contribution in [3.63, 3.8) is 0 Å². The standard InChI is InChI=1S/C18H15BrF2O2S/c1-11(24)2-6-17(22)15-8-13(19)4-7-18(15)23-10-12-3-5-14(20)9-16(12)21/h3-5,7-9H,2,6,10H2,1H3. The number of rotatable bonds is 7. The van der Waals surface area contributed by atoms with Crippen molar-refractivity contribution in [2.45, 2.75) is 26.4 Å². The second-order valence-electron chi connectivity index (χ2n) is 5.29. The van der Waals surface area contributed by atoms with Gasteiger partial charge in [-0.1, -0.05) is 28.1 Å². The van der Waals surface area contributed by atoms with Gasteiger partial charge in [-0.2, -0.15) is 0 Å². The van der Waals surface area contributed by atoms with Crippen LogP contribution in [0, 0.1) is 11.6 Å². The van der Waals surface area contributed by atoms with Crippen LogP contribution >= 0.6 is 28.1 Å². The van der Waals surface area contributed by atoms with Gasteiger partial charge < -0.3 is 4.74 Å². The molecule has 0 aliphatic carbocycles. The van der Waals surface area contributed by atoms with Gasteiger partial charge in [-0.3, -0.25) is 4.79 Å². The van der Waals surface area contributed by atoms with E-state index in [1.165, 1.54) is 6.07 Å². The Balaban J connectivity index is 2.17. The second-order valence-corrected chi connectivity index (χ2v) is 6.90. The molecule has 0 aliphatic rings. The summed E-state index contributed by atoms with van der Waals surface area (Å²) in [7, 11) is 0. The molecule has 0 atom stereocenters. The minimum Gasteiger partial charge on any atom is -0.488 e. The van der Waals surface area contributed by atoms with E-state index in [1.54, 1.807) is 25.1 Å². The molecule has 0 unspecified atom stereocenters. The molecular weight excluding hydrogens is 398 g/mol. The fourth-order valence-electron chi connectivity index (χ4n) is 2.06. The van der Waals surface area contributed by atoms with Crippen LogP contribution in [0.25, 0.3) is 0 Å². The van der Waals surface area contributed by atoms with E-state index in [-0.39, 0.29) is 24.4 Å². The number of halogens is 3. The number of ketones is 1. The normalized spacial score (nSPS) is 10.5. The molecule has 2 rings (SSSR count). The van der Waals surface area contributed by atoms with E-state index in [2.05, 4.69) is 15.9 Å². The van der Waals surface area contributed by atoms with Crippen LogP contribution in [-0.4, -0.2) is 10.6 Å². The molecule has 6 heteroatoms. The second kappa shape index (κ2) is 8.44. The third-order valence-corrected chi connectivity index (χ3v) is 4.04. The molecule has 126 valence electrons. The van der Waals surface area contributed by atoms with Gasteiger partial charge in [0.1, 0.15) is 24.0 Å². The number of hydrogen-bond donors (Lipinski definition) is 0. The predicted octanol–water partition coefficient (Wildman–Crippen LogP) is 5.66. The third kappa shape index (κ3) is 5.18. The van der Waals surface area contributed by atoms with Crippen molar-refractivity contribution in [1.82, 2.24) is 0 Å². The molecular formula is C18H15BrF2O2S. The number of Topliss-reactive ketones (excluding diaryl/α,β-unsaturated/α-hetero) is 1. The minimum atomic E-state index is -0.684. The maximum Gasteiger partial charge on any atom is 0.166 e. The Bertz CT molecular complexity index is 778. The molecule has 0 radical (unpaired) electrons. The Hall–Kier alpha value is -1.66. The summed E-state index contributed by atoms with van der Waals surface area (Å²) in [5.41, 5.74) is 0.621. The fourth-order valence-corrected chi connectivity index (χ4v) is 2.53. The molecule has 0 saturated carbocycles. The highest BCUT2D eigenvalue weighted by Crippen LogP contribution is 2.26. The van der Waals surface area contributed by atoms with Crippen molar-refractivity contribution in [1.29, 1.82) is 0 Å². The molecule has 0 aliphatic heterocycles. The van der Waals surface area contributed by atoms with Gasteiger partial charge in [0.2, 0.25) is 0 Å². The van der Waals surface area contributed by atoms with Crippen LogP contribution in [0.4, 0.5) is 8.78 Å². The number of carbonyl (C=O) groups is 1. The van der Waals surface area contributed by atoms with E-state index in [0.717, 1.165) is 21.5 Å². The number of hydrogen-bond acceptors (Lipinski definition) is 3. The van der Waals surface area contributed by atoms with Crippen molar-refractivity contribution in [2.24, 2.45) is 0 Å². The van der Waals surface area contributed by atoms with Crippen LogP contribution in [0.5, 0.6) is 5.75 Å². The summed E-state index contributed by atoms with van der Waals surface area (Å²) in [5, 5.41) is 0. The molecule has 0 bridgehead atoms. The molecule has 0 aromatic heterocycles. The molecule has 0 saturated heterocycles. The van der Waals surface area contributed by atoms with Gasteiger partial charge >= 0.3 is 0 Å². The van der Waals surface area contributed by atoms with Crippen LogP contribution < -0.4 is 4.74 Å². The first kappa shape index (κ1) is 18.7. The lowest BCUT2D eigenvalue weighted by atomic mass is 10.0. The highest BCUT2D eigenvalue weighted by molar-refractivity contribution is 9.10. The first-order valence-corrected chi connectivity index (χ1v) is 8.46. The monoisotopic (exact) mass is 412 g/mol. The lowest BCUT2D eigenvalue weighted by Crippen LogP contribution is -2.06. The zero-order valence-corrected chi connectivity index (χ0v) is 15.3. The average Bonchev–Trinajstić information content (AvgIpc) is 2.52. The number of thiocarbonyl (C=S) groups is 1. The Kier molecular flexibility index (Phi) is 6.57. The summed E-state index contributed by atoms with van der Waals surface area (Å²) in [5.74, 6) is -1.08. The Labute approximate surface area is 153 Å². The van der Waals surface area contributed by atoms with Gasteiger partial charge in [0.15, 0.2) is 5.78 Å². The summed E-state index contributed by atoms with van der Waals surface area (Å²) in [6, 6.07) is 8.32. The first-order valence-electron chi connectivity index (χ1n) is 7.25. The summed E-state index contributed by atoms with van der Waals surface area (Å²) < 4.78 is 32.9. The number of ether oxygens (including phenoxy) is 1. The molecule has 2 nitrogen and oxygen atoms in total. The molecule has 24 heavy (non-hydrogen) atoms. The van der Waals surface area contributed by atoms with Gasteiger partial charge in [0.05, 0.1) is 5.56 Å². The van der Waals surface area contributed by atoms with Crippen LogP contribution in [0.1, 0.15) is 35.7 Å². The quantitative estimate of drug-likeness (QED) is 0.433. The Morgan fingerprint density at radius 1 is 1.17 bits per heavy atom. The molecule has 0 spiro atoms. The topological polar surface area (TPSA) is 26.3 Å². The average molecular weight is 413 g/mol. The SMILES string of the molecule is CC(=S)CCC(=O)c1cc(Br)ccc1OCc1ccc(F)cc1F. The minimum absolute atomic E-state index is 0.0970. The van der Waals surface area contributed by atoms with Crippen LogP contribution in [0.2, 0.25) is 0 Å². The lowest BCUT2D eigenvalue weighted by Gasteiger charge is -2.12. The molecule has 2 aromatic rings. The van der Waals surface area contributed by atoms with Gasteiger partial charge in [-0.15, -0.1) is 0 Å². The van der Waals surface area contributed by atoms with E-state index in [9.17, 15) is 13.6 Å². The van der Waals surface area contributed by atoms with Crippen molar-refractivity contribution in [3.8, 4) is 5.75 Å². The van der Waals surface area contributed by atoms with Crippen LogP contribution in [0.15, 0.2) is 40.9 Å². The Morgan fingerprint density at radius 3 is 2.58 bits per heavy atom.